The van der Waals surface area contributed by atoms with Gasteiger partial charge in [-0.25, -0.2) is 0 Å². The van der Waals surface area contributed by atoms with E-state index in [1.54, 1.807) is 0 Å². The van der Waals surface area contributed by atoms with E-state index < -0.39 is 0 Å². The molecule has 2 aliphatic heterocycles. The molecule has 0 bridgehead atoms. The van der Waals surface area contributed by atoms with Crippen molar-refractivity contribution >= 4 is 0 Å². The molecule has 2 heterocycles. The van der Waals surface area contributed by atoms with Gasteiger partial charge in [-0.15, -0.1) is 0 Å². The van der Waals surface area contributed by atoms with Crippen molar-refractivity contribution in [3.8, 4) is 5.75 Å². The fourth-order valence-corrected chi connectivity index (χ4v) is 4.36. The second kappa shape index (κ2) is 4.24. The maximum absolute atomic E-state index is 6.51. The van der Waals surface area contributed by atoms with E-state index in [9.17, 15) is 0 Å². The third kappa shape index (κ3) is 1.73. The summed E-state index contributed by atoms with van der Waals surface area (Å²) in [7, 11) is 0. The molecule has 2 fully saturated rings. The SMILES string of the molecule is C[C@@H]1CC[C@@H]2[C@@H](O1)c1ccccc1OC21CCCC1. The highest BCUT2D eigenvalue weighted by molar-refractivity contribution is 5.39. The van der Waals surface area contributed by atoms with Gasteiger partial charge in [-0.2, -0.15) is 0 Å². The lowest BCUT2D eigenvalue weighted by Crippen LogP contribution is -2.50. The molecule has 1 saturated carbocycles. The predicted octanol–water partition coefficient (Wildman–Crippen LogP) is 4.25. The second-order valence-electron chi connectivity index (χ2n) is 6.46. The van der Waals surface area contributed by atoms with E-state index in [1.165, 1.54) is 44.1 Å². The van der Waals surface area contributed by atoms with E-state index in [4.69, 9.17) is 9.47 Å². The lowest BCUT2D eigenvalue weighted by atomic mass is 9.72. The van der Waals surface area contributed by atoms with Crippen molar-refractivity contribution in [2.75, 3.05) is 0 Å². The molecule has 2 nitrogen and oxygen atoms in total. The van der Waals surface area contributed by atoms with Gasteiger partial charge >= 0.3 is 0 Å². The zero-order valence-electron chi connectivity index (χ0n) is 11.6. The standard InChI is InChI=1S/C17H22O2/c1-12-8-9-14-16(18-12)13-6-2-3-7-15(13)19-17(14)10-4-5-11-17/h2-3,6-7,12,14,16H,4-5,8-11H2,1H3/t12-,14-,16+/m1/s1. The van der Waals surface area contributed by atoms with Crippen LogP contribution in [-0.2, 0) is 4.74 Å². The number of para-hydroxylation sites is 1. The summed E-state index contributed by atoms with van der Waals surface area (Å²) in [4.78, 5) is 0. The first-order chi connectivity index (χ1) is 9.28. The average molecular weight is 258 g/mol. The van der Waals surface area contributed by atoms with Crippen LogP contribution < -0.4 is 4.74 Å². The van der Waals surface area contributed by atoms with Gasteiger partial charge in [-0.05, 0) is 51.5 Å². The summed E-state index contributed by atoms with van der Waals surface area (Å²) in [6.45, 7) is 2.20. The first-order valence-corrected chi connectivity index (χ1v) is 7.72. The molecule has 0 amide bonds. The molecule has 1 aromatic rings. The molecule has 1 aromatic carbocycles. The van der Waals surface area contributed by atoms with Crippen molar-refractivity contribution in [1.29, 1.82) is 0 Å². The number of benzene rings is 1. The summed E-state index contributed by atoms with van der Waals surface area (Å²) < 4.78 is 12.8. The number of hydrogen-bond acceptors (Lipinski definition) is 2. The molecule has 0 unspecified atom stereocenters. The van der Waals surface area contributed by atoms with Gasteiger partial charge in [-0.1, -0.05) is 18.2 Å². The molecule has 19 heavy (non-hydrogen) atoms. The van der Waals surface area contributed by atoms with Gasteiger partial charge in [-0.3, -0.25) is 0 Å². The molecule has 4 rings (SSSR count). The zero-order chi connectivity index (χ0) is 12.9. The molecule has 1 aliphatic carbocycles. The van der Waals surface area contributed by atoms with Gasteiger partial charge in [0.15, 0.2) is 0 Å². The van der Waals surface area contributed by atoms with Gasteiger partial charge in [0, 0.05) is 11.5 Å². The van der Waals surface area contributed by atoms with Crippen LogP contribution in [-0.4, -0.2) is 11.7 Å². The van der Waals surface area contributed by atoms with Crippen LogP contribution in [0.2, 0.25) is 0 Å². The summed E-state index contributed by atoms with van der Waals surface area (Å²) in [5, 5.41) is 0. The van der Waals surface area contributed by atoms with Crippen molar-refractivity contribution in [2.45, 2.75) is 63.3 Å². The number of rotatable bonds is 0. The summed E-state index contributed by atoms with van der Waals surface area (Å²) >= 11 is 0. The molecular weight excluding hydrogens is 236 g/mol. The lowest BCUT2D eigenvalue weighted by Gasteiger charge is -2.50. The third-order valence-corrected chi connectivity index (χ3v) is 5.29. The normalized spacial score (nSPS) is 35.5. The van der Waals surface area contributed by atoms with Crippen molar-refractivity contribution in [1.82, 2.24) is 0 Å². The number of ether oxygens (including phenoxy) is 2. The highest BCUT2D eigenvalue weighted by Gasteiger charge is 2.53. The quantitative estimate of drug-likeness (QED) is 0.692. The van der Waals surface area contributed by atoms with Crippen LogP contribution in [0.15, 0.2) is 24.3 Å². The second-order valence-corrected chi connectivity index (χ2v) is 6.46. The molecule has 3 atom stereocenters. The molecule has 102 valence electrons. The Labute approximate surface area is 115 Å². The molecular formula is C17H22O2. The molecule has 1 spiro atoms. The highest BCUT2D eigenvalue weighted by atomic mass is 16.5. The maximum Gasteiger partial charge on any atom is 0.125 e. The van der Waals surface area contributed by atoms with E-state index in [1.807, 2.05) is 0 Å². The van der Waals surface area contributed by atoms with Crippen LogP contribution in [0.3, 0.4) is 0 Å². The first-order valence-electron chi connectivity index (χ1n) is 7.72. The van der Waals surface area contributed by atoms with Crippen LogP contribution in [0.25, 0.3) is 0 Å². The fraction of sp³-hybridized carbons (Fsp3) is 0.647. The minimum absolute atomic E-state index is 0.0686. The van der Waals surface area contributed by atoms with Gasteiger partial charge in [0.2, 0.25) is 0 Å². The van der Waals surface area contributed by atoms with E-state index in [-0.39, 0.29) is 11.7 Å². The molecule has 3 aliphatic rings. The Morgan fingerprint density at radius 3 is 2.74 bits per heavy atom. The minimum Gasteiger partial charge on any atom is -0.486 e. The van der Waals surface area contributed by atoms with Gasteiger partial charge in [0.25, 0.3) is 0 Å². The largest absolute Gasteiger partial charge is 0.486 e. The molecule has 0 aromatic heterocycles. The monoisotopic (exact) mass is 258 g/mol. The highest BCUT2D eigenvalue weighted by Crippen LogP contribution is 2.55. The van der Waals surface area contributed by atoms with Crippen LogP contribution in [0, 0.1) is 5.92 Å². The van der Waals surface area contributed by atoms with Crippen LogP contribution in [0.1, 0.15) is 57.1 Å². The van der Waals surface area contributed by atoms with Crippen LogP contribution in [0.5, 0.6) is 5.75 Å². The number of fused-ring (bicyclic) bond motifs is 4. The molecule has 0 radical (unpaired) electrons. The van der Waals surface area contributed by atoms with Gasteiger partial charge in [0.05, 0.1) is 12.2 Å². The van der Waals surface area contributed by atoms with Gasteiger partial charge < -0.3 is 9.47 Å². The van der Waals surface area contributed by atoms with Crippen molar-refractivity contribution in [3.63, 3.8) is 0 Å². The zero-order valence-corrected chi connectivity index (χ0v) is 11.6. The Balaban J connectivity index is 1.80. The summed E-state index contributed by atoms with van der Waals surface area (Å²) in [6, 6.07) is 8.49. The topological polar surface area (TPSA) is 18.5 Å². The fourth-order valence-electron chi connectivity index (χ4n) is 4.36. The summed E-state index contributed by atoms with van der Waals surface area (Å²) in [5.41, 5.74) is 1.34. The smallest absolute Gasteiger partial charge is 0.125 e. The van der Waals surface area contributed by atoms with E-state index >= 15 is 0 Å². The Hall–Kier alpha value is -1.02. The molecule has 1 saturated heterocycles. The van der Waals surface area contributed by atoms with E-state index in [2.05, 4.69) is 31.2 Å². The Kier molecular flexibility index (Phi) is 2.63. The van der Waals surface area contributed by atoms with Crippen molar-refractivity contribution < 1.29 is 9.47 Å². The van der Waals surface area contributed by atoms with Crippen LogP contribution >= 0.6 is 0 Å². The van der Waals surface area contributed by atoms with Gasteiger partial charge in [0.1, 0.15) is 11.4 Å². The van der Waals surface area contributed by atoms with Crippen molar-refractivity contribution in [3.05, 3.63) is 29.8 Å². The van der Waals surface area contributed by atoms with Crippen molar-refractivity contribution in [2.24, 2.45) is 5.92 Å². The Bertz CT molecular complexity index is 476. The molecule has 0 N–H and O–H groups in total. The number of hydrogen-bond donors (Lipinski definition) is 0. The Morgan fingerprint density at radius 2 is 1.89 bits per heavy atom. The predicted molar refractivity (Wildman–Crippen MR) is 74.3 cm³/mol. The molecule has 2 heteroatoms. The summed E-state index contributed by atoms with van der Waals surface area (Å²) in [6.07, 6.45) is 8.09. The van der Waals surface area contributed by atoms with Crippen LogP contribution in [0.4, 0.5) is 0 Å². The average Bonchev–Trinajstić information content (AvgIpc) is 2.88. The Morgan fingerprint density at radius 1 is 1.11 bits per heavy atom. The summed E-state index contributed by atoms with van der Waals surface area (Å²) in [5.74, 6) is 1.63. The third-order valence-electron chi connectivity index (χ3n) is 5.29. The van der Waals surface area contributed by atoms with E-state index in [0.717, 1.165) is 5.75 Å². The minimum atomic E-state index is 0.0686. The maximum atomic E-state index is 6.51. The van der Waals surface area contributed by atoms with E-state index in [0.29, 0.717) is 12.0 Å². The first kappa shape index (κ1) is 11.8. The lowest BCUT2D eigenvalue weighted by molar-refractivity contribution is -0.153.